The Balaban J connectivity index is -0.0000000221. The molecule has 11 heavy (non-hydrogen) atoms. The average molecular weight is 239 g/mol. The zero-order chi connectivity index (χ0) is 8.08. The Morgan fingerprint density at radius 1 is 1.18 bits per heavy atom. The third-order valence-corrected chi connectivity index (χ3v) is 0. The summed E-state index contributed by atoms with van der Waals surface area (Å²) < 4.78 is 31.6. The predicted molar refractivity (Wildman–Crippen MR) is 25.9 cm³/mol. The van der Waals surface area contributed by atoms with E-state index in [1.807, 2.05) is 0 Å². The van der Waals surface area contributed by atoms with Crippen molar-refractivity contribution in [3.8, 4) is 0 Å². The van der Waals surface area contributed by atoms with E-state index in [2.05, 4.69) is 0 Å². The molecule has 0 bridgehead atoms. The molecular weight excluding hydrogens is 234 g/mol. The third kappa shape index (κ3) is 1840. The van der Waals surface area contributed by atoms with Crippen molar-refractivity contribution in [2.24, 2.45) is 0 Å². The van der Waals surface area contributed by atoms with Gasteiger partial charge < -0.3 is 11.6 Å². The average Bonchev–Trinajstić information content (AvgIpc) is 1.19. The van der Waals surface area contributed by atoms with Crippen molar-refractivity contribution in [3.05, 3.63) is 0 Å². The van der Waals surface area contributed by atoms with Gasteiger partial charge >= 0.3 is 46.1 Å². The van der Waals surface area contributed by atoms with Crippen LogP contribution in [0, 0.1) is 0 Å². The van der Waals surface area contributed by atoms with Crippen molar-refractivity contribution in [3.63, 3.8) is 0 Å². The molecule has 0 saturated heterocycles. The van der Waals surface area contributed by atoms with Gasteiger partial charge in [-0.3, -0.25) is 9.11 Å². The number of carbonyl (C=O) groups is 1. The first kappa shape index (κ1) is 22.6. The summed E-state index contributed by atoms with van der Waals surface area (Å²) >= 11 is 0. The maximum atomic E-state index is 8.74. The van der Waals surface area contributed by atoms with Crippen LogP contribution in [0.5, 0.6) is 0 Å². The van der Waals surface area contributed by atoms with Gasteiger partial charge in [0.25, 0.3) is 0 Å². The van der Waals surface area contributed by atoms with Gasteiger partial charge in [0.15, 0.2) is 0 Å². The molecule has 0 aliphatic carbocycles. The Bertz CT molecular complexity index is 166. The van der Waals surface area contributed by atoms with Crippen molar-refractivity contribution in [2.45, 2.75) is 0 Å². The molecule has 0 saturated carbocycles. The molecule has 0 rings (SSSR count). The first-order valence-electron chi connectivity index (χ1n) is 1.35. The molecule has 7 nitrogen and oxygen atoms in total. The number of hydrogen-bond donors (Lipinski definition) is 4. The second kappa shape index (κ2) is 10.7. The van der Waals surface area contributed by atoms with Crippen LogP contribution < -0.4 is 29.6 Å². The van der Waals surface area contributed by atoms with Crippen molar-refractivity contribution >= 4 is 16.6 Å². The van der Waals surface area contributed by atoms with Crippen LogP contribution in [0.4, 0.5) is 4.79 Å². The zero-order valence-electron chi connectivity index (χ0n) is 6.30. The fraction of sp³-hybridized carbons (Fsp3) is 0. The Morgan fingerprint density at radius 2 is 1.18 bits per heavy atom. The Labute approximate surface area is 96.6 Å². The maximum Gasteiger partial charge on any atom is 1.00 e. The molecule has 0 aromatic heterocycles. The molecular formula is CH5MnNaO7S. The summed E-state index contributed by atoms with van der Waals surface area (Å²) in [4.78, 5) is 8.56. The van der Waals surface area contributed by atoms with E-state index in [9.17, 15) is 0 Å². The van der Waals surface area contributed by atoms with E-state index in [1.165, 1.54) is 0 Å². The van der Waals surface area contributed by atoms with Crippen molar-refractivity contribution in [1.29, 1.82) is 0 Å². The monoisotopic (exact) mass is 239 g/mol. The van der Waals surface area contributed by atoms with Gasteiger partial charge in [0, 0.05) is 17.1 Å². The summed E-state index contributed by atoms with van der Waals surface area (Å²) in [5, 5.41) is 13.9. The minimum Gasteiger partial charge on any atom is -1.00 e. The number of hydrogen-bond acceptors (Lipinski definition) is 3. The summed E-state index contributed by atoms with van der Waals surface area (Å²) in [5.74, 6) is 0. The quantitative estimate of drug-likeness (QED) is 0.257. The molecule has 0 unspecified atom stereocenters. The van der Waals surface area contributed by atoms with Gasteiger partial charge in [0.1, 0.15) is 0 Å². The number of carboxylic acid groups (broad SMARTS) is 2. The van der Waals surface area contributed by atoms with Gasteiger partial charge in [-0.2, -0.15) is 8.42 Å². The second-order valence-electron chi connectivity index (χ2n) is 0.730. The van der Waals surface area contributed by atoms with Crippen LogP contribution in [0.15, 0.2) is 0 Å². The van der Waals surface area contributed by atoms with Crippen molar-refractivity contribution in [2.75, 3.05) is 0 Å². The van der Waals surface area contributed by atoms with Gasteiger partial charge in [-0.15, -0.1) is 0 Å². The molecule has 10 heteroatoms. The van der Waals surface area contributed by atoms with Crippen LogP contribution >= 0.6 is 0 Å². The van der Waals surface area contributed by atoms with E-state index in [-0.39, 0.29) is 48.1 Å². The molecule has 0 spiro atoms. The molecule has 4 N–H and O–H groups in total. The van der Waals surface area contributed by atoms with Crippen LogP contribution in [-0.4, -0.2) is 33.9 Å². The van der Waals surface area contributed by atoms with Crippen LogP contribution in [0.1, 0.15) is 1.43 Å². The third-order valence-electron chi connectivity index (χ3n) is 0. The van der Waals surface area contributed by atoms with E-state index in [1.54, 1.807) is 0 Å². The SMILES string of the molecule is O=C(O)O.O=S(=O)(O)O.[H-].[Mn].[Na+]. The summed E-state index contributed by atoms with van der Waals surface area (Å²) in [6, 6.07) is 0. The molecule has 0 aromatic carbocycles. The maximum absolute atomic E-state index is 8.74. The summed E-state index contributed by atoms with van der Waals surface area (Å²) in [6.45, 7) is 0. The van der Waals surface area contributed by atoms with Gasteiger partial charge in [-0.1, -0.05) is 0 Å². The molecule has 0 heterocycles. The van der Waals surface area contributed by atoms with Gasteiger partial charge in [-0.05, 0) is 0 Å². The molecule has 0 atom stereocenters. The zero-order valence-corrected chi connectivity index (χ0v) is 9.30. The summed E-state index contributed by atoms with van der Waals surface area (Å²) in [7, 11) is -4.67. The molecule has 0 aromatic rings. The molecule has 0 fully saturated rings. The Kier molecular flexibility index (Phi) is 21.9. The Hall–Kier alpha value is 0.659. The van der Waals surface area contributed by atoms with Gasteiger partial charge in [-0.25, -0.2) is 4.79 Å². The van der Waals surface area contributed by atoms with Crippen LogP contribution in [0.25, 0.3) is 0 Å². The van der Waals surface area contributed by atoms with Crippen molar-refractivity contribution in [1.82, 2.24) is 0 Å². The smallest absolute Gasteiger partial charge is 1.00 e. The molecule has 0 amide bonds. The van der Waals surface area contributed by atoms with Crippen molar-refractivity contribution < 1.29 is 80.6 Å². The van der Waals surface area contributed by atoms with Gasteiger partial charge in [0.05, 0.1) is 0 Å². The van der Waals surface area contributed by atoms with E-state index in [0.717, 1.165) is 0 Å². The fourth-order valence-corrected chi connectivity index (χ4v) is 0. The largest absolute Gasteiger partial charge is 1.00 e. The molecule has 0 aliphatic heterocycles. The minimum atomic E-state index is -4.67. The fourth-order valence-electron chi connectivity index (χ4n) is 0. The second-order valence-corrected chi connectivity index (χ2v) is 1.63. The Morgan fingerprint density at radius 3 is 1.18 bits per heavy atom. The number of rotatable bonds is 0. The van der Waals surface area contributed by atoms with E-state index >= 15 is 0 Å². The van der Waals surface area contributed by atoms with E-state index in [0.29, 0.717) is 0 Å². The minimum absolute atomic E-state index is 0. The van der Waals surface area contributed by atoms with Gasteiger partial charge in [0.2, 0.25) is 0 Å². The molecule has 0 aliphatic rings. The van der Waals surface area contributed by atoms with Crippen LogP contribution in [0.3, 0.4) is 0 Å². The first-order chi connectivity index (χ1) is 3.73. The van der Waals surface area contributed by atoms with Crippen LogP contribution in [0.2, 0.25) is 0 Å². The standard InChI is InChI=1S/CH2O3.Mn.Na.H2O4S.H/c2-1(3)4;;;1-5(2,3)4;/h(H2,2,3,4);;;(H2,1,2,3,4);/q;;+1;;-1. The first-order valence-corrected chi connectivity index (χ1v) is 2.75. The normalized spacial score (nSPS) is 7.45. The molecule has 65 valence electrons. The van der Waals surface area contributed by atoms with E-state index in [4.69, 9.17) is 32.5 Å². The van der Waals surface area contributed by atoms with E-state index < -0.39 is 16.6 Å². The summed E-state index contributed by atoms with van der Waals surface area (Å²) in [5.41, 5.74) is 0. The van der Waals surface area contributed by atoms with Crippen LogP contribution in [-0.2, 0) is 27.5 Å². The molecule has 1 radical (unpaired) electrons. The topological polar surface area (TPSA) is 132 Å². The summed E-state index contributed by atoms with van der Waals surface area (Å²) in [6.07, 6.45) is -1.83. The predicted octanol–water partition coefficient (Wildman–Crippen LogP) is -3.32.